The molecule has 0 saturated heterocycles. The zero-order chi connectivity index (χ0) is 14.0. The van der Waals surface area contributed by atoms with Gasteiger partial charge in [0, 0.05) is 31.1 Å². The molecule has 0 saturated carbocycles. The van der Waals surface area contributed by atoms with Gasteiger partial charge in [0.25, 0.3) is 0 Å². The standard InChI is InChI=1S/C13H21ClN4S/c1-5-10-12-13(17(3)16-10)18(8-9(2)19-4)11(15-12)6-7-14/h9H,5-8H2,1-4H3. The van der Waals surface area contributed by atoms with Crippen molar-refractivity contribution < 1.29 is 0 Å². The van der Waals surface area contributed by atoms with Crippen molar-refractivity contribution in [3.05, 3.63) is 11.5 Å². The van der Waals surface area contributed by atoms with Gasteiger partial charge >= 0.3 is 0 Å². The zero-order valence-corrected chi connectivity index (χ0v) is 13.6. The molecule has 2 aromatic heterocycles. The Kier molecular flexibility index (Phi) is 4.79. The smallest absolute Gasteiger partial charge is 0.158 e. The highest BCUT2D eigenvalue weighted by Gasteiger charge is 2.19. The predicted molar refractivity (Wildman–Crippen MR) is 83.3 cm³/mol. The molecule has 0 N–H and O–H groups in total. The molecule has 0 aliphatic heterocycles. The van der Waals surface area contributed by atoms with Crippen LogP contribution in [0.5, 0.6) is 0 Å². The molecule has 4 nitrogen and oxygen atoms in total. The van der Waals surface area contributed by atoms with E-state index in [-0.39, 0.29) is 0 Å². The van der Waals surface area contributed by atoms with Gasteiger partial charge in [-0.05, 0) is 12.7 Å². The van der Waals surface area contributed by atoms with Crippen LogP contribution >= 0.6 is 23.4 Å². The minimum absolute atomic E-state index is 0.548. The number of fused-ring (bicyclic) bond motifs is 1. The van der Waals surface area contributed by atoms with Crippen LogP contribution in [-0.4, -0.2) is 36.7 Å². The summed E-state index contributed by atoms with van der Waals surface area (Å²) in [5, 5.41) is 5.10. The van der Waals surface area contributed by atoms with E-state index < -0.39 is 0 Å². The molecule has 0 spiro atoms. The van der Waals surface area contributed by atoms with E-state index in [2.05, 4.69) is 29.8 Å². The van der Waals surface area contributed by atoms with E-state index in [4.69, 9.17) is 16.6 Å². The lowest BCUT2D eigenvalue weighted by Crippen LogP contribution is -2.14. The van der Waals surface area contributed by atoms with Crippen LogP contribution in [0.4, 0.5) is 0 Å². The molecule has 1 unspecified atom stereocenters. The normalized spacial score (nSPS) is 13.3. The molecule has 0 aliphatic rings. The summed E-state index contributed by atoms with van der Waals surface area (Å²) in [7, 11) is 1.99. The molecule has 106 valence electrons. The first-order valence-electron chi connectivity index (χ1n) is 6.62. The molecule has 0 bridgehead atoms. The van der Waals surface area contributed by atoms with E-state index in [1.54, 1.807) is 0 Å². The highest BCUT2D eigenvalue weighted by Crippen LogP contribution is 2.22. The highest BCUT2D eigenvalue weighted by atomic mass is 35.5. The first kappa shape index (κ1) is 14.7. The maximum Gasteiger partial charge on any atom is 0.158 e. The Labute approximate surface area is 123 Å². The van der Waals surface area contributed by atoms with Crippen molar-refractivity contribution in [2.24, 2.45) is 7.05 Å². The Balaban J connectivity index is 2.55. The molecule has 0 aliphatic carbocycles. The second-order valence-corrected chi connectivity index (χ2v) is 6.37. The SMILES string of the molecule is CCc1nn(C)c2c1nc(CCCl)n2CC(C)SC. The van der Waals surface area contributed by atoms with Gasteiger partial charge in [-0.15, -0.1) is 11.6 Å². The Morgan fingerprint density at radius 3 is 2.74 bits per heavy atom. The van der Waals surface area contributed by atoms with Gasteiger partial charge in [-0.25, -0.2) is 4.98 Å². The molecule has 0 amide bonds. The molecule has 2 rings (SSSR count). The van der Waals surface area contributed by atoms with Crippen LogP contribution in [0.15, 0.2) is 0 Å². The first-order valence-corrected chi connectivity index (χ1v) is 8.44. The molecule has 1 atom stereocenters. The molecule has 2 aromatic rings. The fraction of sp³-hybridized carbons (Fsp3) is 0.692. The third-order valence-electron chi connectivity index (χ3n) is 3.37. The molecule has 2 heterocycles. The summed E-state index contributed by atoms with van der Waals surface area (Å²) < 4.78 is 4.23. The Bertz CT molecular complexity index is 560. The largest absolute Gasteiger partial charge is 0.312 e. The number of thioether (sulfide) groups is 1. The van der Waals surface area contributed by atoms with Gasteiger partial charge in [0.15, 0.2) is 5.65 Å². The molecule has 0 aromatic carbocycles. The zero-order valence-electron chi connectivity index (χ0n) is 12.0. The van der Waals surface area contributed by atoms with Gasteiger partial charge in [0.1, 0.15) is 11.3 Å². The minimum atomic E-state index is 0.548. The predicted octanol–water partition coefficient (Wildman–Crippen LogP) is 2.87. The number of aryl methyl sites for hydroxylation is 3. The van der Waals surface area contributed by atoms with Crippen molar-refractivity contribution in [2.45, 2.75) is 38.5 Å². The van der Waals surface area contributed by atoms with E-state index in [1.807, 2.05) is 23.5 Å². The third kappa shape index (κ3) is 2.77. The fourth-order valence-corrected chi connectivity index (χ4v) is 2.79. The van der Waals surface area contributed by atoms with Crippen LogP contribution in [-0.2, 0) is 26.4 Å². The van der Waals surface area contributed by atoms with Crippen LogP contribution in [0.25, 0.3) is 11.2 Å². The topological polar surface area (TPSA) is 35.6 Å². The van der Waals surface area contributed by atoms with Crippen molar-refractivity contribution in [1.29, 1.82) is 0 Å². The van der Waals surface area contributed by atoms with Crippen molar-refractivity contribution in [2.75, 3.05) is 12.1 Å². The van der Waals surface area contributed by atoms with Crippen molar-refractivity contribution in [3.8, 4) is 0 Å². The van der Waals surface area contributed by atoms with E-state index in [9.17, 15) is 0 Å². The minimum Gasteiger partial charge on any atom is -0.312 e. The van der Waals surface area contributed by atoms with E-state index in [0.29, 0.717) is 11.1 Å². The van der Waals surface area contributed by atoms with Crippen LogP contribution in [0, 0.1) is 0 Å². The molecule has 0 fully saturated rings. The summed E-state index contributed by atoms with van der Waals surface area (Å²) >= 11 is 7.77. The number of hydrogen-bond donors (Lipinski definition) is 0. The second kappa shape index (κ2) is 6.18. The van der Waals surface area contributed by atoms with E-state index >= 15 is 0 Å². The summed E-state index contributed by atoms with van der Waals surface area (Å²) in [6.45, 7) is 5.30. The summed E-state index contributed by atoms with van der Waals surface area (Å²) in [4.78, 5) is 4.77. The Morgan fingerprint density at radius 2 is 2.16 bits per heavy atom. The van der Waals surface area contributed by atoms with Crippen LogP contribution in [0.1, 0.15) is 25.4 Å². The molecular formula is C13H21ClN4S. The maximum atomic E-state index is 5.91. The maximum absolute atomic E-state index is 5.91. The first-order chi connectivity index (χ1) is 9.12. The van der Waals surface area contributed by atoms with Gasteiger partial charge in [0.05, 0.1) is 5.69 Å². The average molecular weight is 301 g/mol. The molecule has 6 heteroatoms. The fourth-order valence-electron chi connectivity index (χ4n) is 2.32. The quantitative estimate of drug-likeness (QED) is 0.770. The van der Waals surface area contributed by atoms with E-state index in [1.165, 1.54) is 0 Å². The Hall–Kier alpha value is -0.680. The number of hydrogen-bond acceptors (Lipinski definition) is 3. The van der Waals surface area contributed by atoms with Crippen LogP contribution in [0.2, 0.25) is 0 Å². The monoisotopic (exact) mass is 300 g/mol. The number of rotatable bonds is 6. The van der Waals surface area contributed by atoms with Crippen molar-refractivity contribution in [3.63, 3.8) is 0 Å². The number of aromatic nitrogens is 4. The number of nitrogens with zero attached hydrogens (tertiary/aromatic N) is 4. The lowest BCUT2D eigenvalue weighted by Gasteiger charge is -2.13. The van der Waals surface area contributed by atoms with Gasteiger partial charge in [0.2, 0.25) is 0 Å². The van der Waals surface area contributed by atoms with Gasteiger partial charge in [-0.3, -0.25) is 4.68 Å². The lowest BCUT2D eigenvalue weighted by molar-refractivity contribution is 0.638. The average Bonchev–Trinajstić information content (AvgIpc) is 2.89. The second-order valence-electron chi connectivity index (χ2n) is 4.72. The van der Waals surface area contributed by atoms with Gasteiger partial charge in [-0.1, -0.05) is 13.8 Å². The number of alkyl halides is 1. The van der Waals surface area contributed by atoms with Crippen molar-refractivity contribution >= 4 is 34.5 Å². The molecule has 0 radical (unpaired) electrons. The number of halogens is 1. The van der Waals surface area contributed by atoms with Gasteiger partial charge < -0.3 is 4.57 Å². The molecular weight excluding hydrogens is 280 g/mol. The van der Waals surface area contributed by atoms with Gasteiger partial charge in [-0.2, -0.15) is 16.9 Å². The Morgan fingerprint density at radius 1 is 1.42 bits per heavy atom. The summed E-state index contributed by atoms with van der Waals surface area (Å²) in [6.07, 6.45) is 3.86. The third-order valence-corrected chi connectivity index (χ3v) is 4.51. The van der Waals surface area contributed by atoms with Crippen LogP contribution in [0.3, 0.4) is 0 Å². The lowest BCUT2D eigenvalue weighted by atomic mass is 10.3. The number of imidazole rings is 1. The summed E-state index contributed by atoms with van der Waals surface area (Å²) in [5.74, 6) is 1.68. The summed E-state index contributed by atoms with van der Waals surface area (Å²) in [5.41, 5.74) is 3.24. The highest BCUT2D eigenvalue weighted by molar-refractivity contribution is 7.99. The van der Waals surface area contributed by atoms with Crippen molar-refractivity contribution in [1.82, 2.24) is 19.3 Å². The van der Waals surface area contributed by atoms with E-state index in [0.717, 1.165) is 42.1 Å². The summed E-state index contributed by atoms with van der Waals surface area (Å²) in [6, 6.07) is 0. The molecule has 19 heavy (non-hydrogen) atoms. The van der Waals surface area contributed by atoms with Crippen LogP contribution < -0.4 is 0 Å².